The second kappa shape index (κ2) is 10.3. The highest BCUT2D eigenvalue weighted by atomic mass is 15.0. The minimum absolute atomic E-state index is 0.707. The topological polar surface area (TPSA) is 22.2 Å². The molecular weight excluding hydrogens is 558 g/mol. The van der Waals surface area contributed by atoms with E-state index >= 15 is 0 Å². The molecule has 2 fully saturated rings. The summed E-state index contributed by atoms with van der Waals surface area (Å²) in [4.78, 5) is 4.97. The van der Waals surface area contributed by atoms with E-state index in [1.54, 1.807) is 0 Å². The van der Waals surface area contributed by atoms with Gasteiger partial charge in [0.1, 0.15) is 5.65 Å². The van der Waals surface area contributed by atoms with Gasteiger partial charge in [0.05, 0.1) is 28.4 Å². The zero-order chi connectivity index (χ0) is 30.2. The third kappa shape index (κ3) is 3.94. The van der Waals surface area contributed by atoms with Crippen molar-refractivity contribution in [2.24, 2.45) is 0 Å². The number of nitrogens with zero attached hydrogens (tertiary/aromatic N) is 3. The molecule has 0 unspecified atom stereocenters. The number of pyridine rings is 1. The fraction of sp³-hybridized carbons (Fsp3) is 0.233. The van der Waals surface area contributed by atoms with E-state index < -0.39 is 0 Å². The lowest BCUT2D eigenvalue weighted by molar-refractivity contribution is 0.724. The summed E-state index contributed by atoms with van der Waals surface area (Å²) in [6.45, 7) is 0. The minimum Gasteiger partial charge on any atom is -0.309 e. The third-order valence-corrected chi connectivity index (χ3v) is 11.3. The van der Waals surface area contributed by atoms with E-state index in [4.69, 9.17) is 4.98 Å². The van der Waals surface area contributed by atoms with E-state index in [0.717, 1.165) is 11.3 Å². The van der Waals surface area contributed by atoms with Crippen molar-refractivity contribution in [3.8, 4) is 16.9 Å². The first-order chi connectivity index (χ1) is 22.8. The molecule has 8 aromatic rings. The first-order valence-corrected chi connectivity index (χ1v) is 17.3. The lowest BCUT2D eigenvalue weighted by Crippen LogP contribution is -1.97. The Morgan fingerprint density at radius 3 is 1.70 bits per heavy atom. The van der Waals surface area contributed by atoms with Gasteiger partial charge in [-0.3, -0.25) is 4.40 Å². The van der Waals surface area contributed by atoms with Crippen LogP contribution in [-0.2, 0) is 0 Å². The van der Waals surface area contributed by atoms with E-state index in [9.17, 15) is 0 Å². The summed E-state index contributed by atoms with van der Waals surface area (Å²) >= 11 is 0. The van der Waals surface area contributed by atoms with Crippen molar-refractivity contribution in [2.45, 2.75) is 63.2 Å². The van der Waals surface area contributed by atoms with Crippen molar-refractivity contribution in [3.05, 3.63) is 127 Å². The second-order valence-corrected chi connectivity index (χ2v) is 13.8. The molecule has 3 nitrogen and oxygen atoms in total. The number of aromatic nitrogens is 3. The molecule has 0 N–H and O–H groups in total. The highest BCUT2D eigenvalue weighted by Gasteiger charge is 2.22. The average Bonchev–Trinajstić information content (AvgIpc) is 3.95. The smallest absolute Gasteiger partial charge is 0.145 e. The van der Waals surface area contributed by atoms with Gasteiger partial charge < -0.3 is 4.57 Å². The fourth-order valence-electron chi connectivity index (χ4n) is 8.94. The number of hydrogen-bond acceptors (Lipinski definition) is 1. The Hall–Kier alpha value is -4.89. The highest BCUT2D eigenvalue weighted by molar-refractivity contribution is 6.12. The molecule has 0 saturated heterocycles. The maximum atomic E-state index is 4.97. The first-order valence-electron chi connectivity index (χ1n) is 17.3. The molecule has 0 amide bonds. The van der Waals surface area contributed by atoms with Crippen molar-refractivity contribution in [2.75, 3.05) is 0 Å². The summed E-state index contributed by atoms with van der Waals surface area (Å²) in [7, 11) is 0. The quantitative estimate of drug-likeness (QED) is 0.186. The van der Waals surface area contributed by atoms with Gasteiger partial charge in [0, 0.05) is 32.8 Å². The lowest BCUT2D eigenvalue weighted by Gasteiger charge is -2.13. The molecule has 3 heteroatoms. The molecule has 2 saturated carbocycles. The molecule has 0 radical (unpaired) electrons. The SMILES string of the molecule is c1ccc2c(c1)c1ccccc1n1c(-c3ccc(-n4c5ccc(C6CCCC6)cc5c5cc(C6CCCC6)ccc54)cc3)cnc21. The van der Waals surface area contributed by atoms with Crippen LogP contribution in [0.4, 0.5) is 0 Å². The third-order valence-electron chi connectivity index (χ3n) is 11.3. The van der Waals surface area contributed by atoms with E-state index in [0.29, 0.717) is 11.8 Å². The Labute approximate surface area is 269 Å². The number of fused-ring (bicyclic) bond motifs is 9. The zero-order valence-corrected chi connectivity index (χ0v) is 26.1. The molecule has 3 heterocycles. The number of hydrogen-bond donors (Lipinski definition) is 0. The number of imidazole rings is 1. The maximum absolute atomic E-state index is 4.97. The van der Waals surface area contributed by atoms with Crippen LogP contribution in [0.1, 0.15) is 74.3 Å². The van der Waals surface area contributed by atoms with Crippen LogP contribution in [0.3, 0.4) is 0 Å². The average molecular weight is 596 g/mol. The Morgan fingerprint density at radius 1 is 0.500 bits per heavy atom. The van der Waals surface area contributed by atoms with Gasteiger partial charge in [-0.25, -0.2) is 4.98 Å². The molecule has 2 aliphatic carbocycles. The molecule has 0 bridgehead atoms. The molecule has 10 rings (SSSR count). The van der Waals surface area contributed by atoms with E-state index in [1.165, 1.54) is 117 Å². The molecule has 5 aromatic carbocycles. The van der Waals surface area contributed by atoms with Crippen LogP contribution in [0.5, 0.6) is 0 Å². The minimum atomic E-state index is 0.707. The van der Waals surface area contributed by atoms with Crippen molar-refractivity contribution in [3.63, 3.8) is 0 Å². The summed E-state index contributed by atoms with van der Waals surface area (Å²) in [6.07, 6.45) is 12.8. The maximum Gasteiger partial charge on any atom is 0.145 e. The Morgan fingerprint density at radius 2 is 1.07 bits per heavy atom. The molecule has 0 atom stereocenters. The molecule has 3 aromatic heterocycles. The van der Waals surface area contributed by atoms with Gasteiger partial charge in [-0.15, -0.1) is 0 Å². The number of benzene rings is 5. The summed E-state index contributed by atoms with van der Waals surface area (Å²) in [5.41, 5.74) is 11.3. The van der Waals surface area contributed by atoms with Crippen LogP contribution in [0, 0.1) is 0 Å². The van der Waals surface area contributed by atoms with Gasteiger partial charge in [0.25, 0.3) is 0 Å². The fourth-order valence-corrected chi connectivity index (χ4v) is 8.94. The molecule has 0 aliphatic heterocycles. The standard InChI is InChI=1S/C43H37N3/c1-2-10-28(9-1)31-19-23-40-37(25-31)38-26-32(29-11-3-4-12-29)20-24-41(38)45(40)33-21-17-30(18-22-33)42-27-44-43-36-15-6-5-13-34(36)35-14-7-8-16-39(35)46(42)43/h5-8,13-29H,1-4,9-12H2. The number of rotatable bonds is 4. The largest absolute Gasteiger partial charge is 0.309 e. The zero-order valence-electron chi connectivity index (χ0n) is 26.1. The van der Waals surface area contributed by atoms with Gasteiger partial charge in [-0.05, 0) is 96.5 Å². The second-order valence-electron chi connectivity index (χ2n) is 13.8. The van der Waals surface area contributed by atoms with Crippen LogP contribution in [0.2, 0.25) is 0 Å². The Kier molecular flexibility index (Phi) is 5.91. The van der Waals surface area contributed by atoms with Gasteiger partial charge in [-0.1, -0.05) is 92.4 Å². The molecule has 2 aliphatic rings. The summed E-state index contributed by atoms with van der Waals surface area (Å²) in [5, 5.41) is 6.49. The predicted octanol–water partition coefficient (Wildman–Crippen LogP) is 11.7. The summed E-state index contributed by atoms with van der Waals surface area (Å²) in [6, 6.07) is 41.2. The Bertz CT molecular complexity index is 2360. The highest BCUT2D eigenvalue weighted by Crippen LogP contribution is 2.42. The van der Waals surface area contributed by atoms with Crippen LogP contribution in [-0.4, -0.2) is 14.0 Å². The first kappa shape index (κ1) is 26.3. The van der Waals surface area contributed by atoms with Gasteiger partial charge in [0.15, 0.2) is 0 Å². The van der Waals surface area contributed by atoms with Crippen molar-refractivity contribution in [1.82, 2.24) is 14.0 Å². The van der Waals surface area contributed by atoms with Gasteiger partial charge in [-0.2, -0.15) is 0 Å². The summed E-state index contributed by atoms with van der Waals surface area (Å²) in [5.74, 6) is 1.41. The Balaban J connectivity index is 1.14. The van der Waals surface area contributed by atoms with Crippen LogP contribution in [0.25, 0.3) is 66.1 Å². The van der Waals surface area contributed by atoms with E-state index in [-0.39, 0.29) is 0 Å². The number of para-hydroxylation sites is 1. The summed E-state index contributed by atoms with van der Waals surface area (Å²) < 4.78 is 4.82. The molecular formula is C43H37N3. The lowest BCUT2D eigenvalue weighted by atomic mass is 9.94. The van der Waals surface area contributed by atoms with Crippen molar-refractivity contribution >= 4 is 49.1 Å². The monoisotopic (exact) mass is 595 g/mol. The molecule has 0 spiro atoms. The van der Waals surface area contributed by atoms with Crippen molar-refractivity contribution in [1.29, 1.82) is 0 Å². The molecule has 224 valence electrons. The van der Waals surface area contributed by atoms with Crippen LogP contribution < -0.4 is 0 Å². The predicted molar refractivity (Wildman–Crippen MR) is 192 cm³/mol. The molecule has 46 heavy (non-hydrogen) atoms. The van der Waals surface area contributed by atoms with Gasteiger partial charge in [0.2, 0.25) is 0 Å². The van der Waals surface area contributed by atoms with E-state index in [2.05, 4.69) is 118 Å². The van der Waals surface area contributed by atoms with Gasteiger partial charge >= 0.3 is 0 Å². The van der Waals surface area contributed by atoms with E-state index in [1.807, 2.05) is 6.20 Å². The van der Waals surface area contributed by atoms with Crippen LogP contribution >= 0.6 is 0 Å². The van der Waals surface area contributed by atoms with Crippen LogP contribution in [0.15, 0.2) is 115 Å². The van der Waals surface area contributed by atoms with Crippen molar-refractivity contribution < 1.29 is 0 Å². The normalized spacial score (nSPS) is 16.3.